The van der Waals surface area contributed by atoms with Crippen molar-refractivity contribution in [2.24, 2.45) is 5.92 Å². The SMILES string of the molecule is C[C@@H](NC(=O)C1CCN(C(=O)C(C(=O)c2ccccc2)n2cc(Cl)ccc2=O)CC1)c1ccccc1. The molecule has 0 spiro atoms. The van der Waals surface area contributed by atoms with Gasteiger partial charge < -0.3 is 10.2 Å². The van der Waals surface area contributed by atoms with Crippen LogP contribution in [0.15, 0.2) is 83.8 Å². The minimum Gasteiger partial charge on any atom is -0.349 e. The van der Waals surface area contributed by atoms with Gasteiger partial charge in [0.2, 0.25) is 5.91 Å². The summed E-state index contributed by atoms with van der Waals surface area (Å²) in [6.07, 6.45) is 2.25. The van der Waals surface area contributed by atoms with Crippen LogP contribution in [0.2, 0.25) is 5.02 Å². The monoisotopic (exact) mass is 505 g/mol. The fourth-order valence-electron chi connectivity index (χ4n) is 4.49. The van der Waals surface area contributed by atoms with Crippen LogP contribution in [-0.4, -0.2) is 40.2 Å². The Balaban J connectivity index is 1.48. The normalized spacial score (nSPS) is 15.7. The Morgan fingerprint density at radius 1 is 0.917 bits per heavy atom. The van der Waals surface area contributed by atoms with Crippen molar-refractivity contribution in [2.45, 2.75) is 31.8 Å². The quantitative estimate of drug-likeness (QED) is 0.387. The van der Waals surface area contributed by atoms with Crippen molar-refractivity contribution in [1.29, 1.82) is 0 Å². The first kappa shape index (κ1) is 25.4. The lowest BCUT2D eigenvalue weighted by Crippen LogP contribution is -2.48. The number of rotatable bonds is 7. The van der Waals surface area contributed by atoms with Crippen LogP contribution in [0.1, 0.15) is 47.8 Å². The molecule has 2 aromatic carbocycles. The molecule has 186 valence electrons. The van der Waals surface area contributed by atoms with Crippen molar-refractivity contribution in [1.82, 2.24) is 14.8 Å². The van der Waals surface area contributed by atoms with Gasteiger partial charge in [-0.3, -0.25) is 23.7 Å². The molecular weight excluding hydrogens is 478 g/mol. The highest BCUT2D eigenvalue weighted by Crippen LogP contribution is 2.24. The molecule has 4 rings (SSSR count). The first-order valence-electron chi connectivity index (χ1n) is 12.0. The topological polar surface area (TPSA) is 88.5 Å². The maximum Gasteiger partial charge on any atom is 0.253 e. The Hall–Kier alpha value is -3.71. The summed E-state index contributed by atoms with van der Waals surface area (Å²) in [6, 6.07) is 19.3. The predicted octanol–water partition coefficient (Wildman–Crippen LogP) is 4.04. The molecule has 8 heteroatoms. The molecule has 7 nitrogen and oxygen atoms in total. The summed E-state index contributed by atoms with van der Waals surface area (Å²) >= 11 is 6.10. The Morgan fingerprint density at radius 3 is 2.17 bits per heavy atom. The molecular formula is C28H28ClN3O4. The van der Waals surface area contributed by atoms with E-state index in [1.807, 2.05) is 37.3 Å². The number of aromatic nitrogens is 1. The van der Waals surface area contributed by atoms with Gasteiger partial charge in [-0.2, -0.15) is 0 Å². The summed E-state index contributed by atoms with van der Waals surface area (Å²) in [5.41, 5.74) is 0.853. The van der Waals surface area contributed by atoms with E-state index in [2.05, 4.69) is 5.32 Å². The minimum atomic E-state index is -1.37. The van der Waals surface area contributed by atoms with Crippen LogP contribution in [0, 0.1) is 5.92 Å². The Labute approximate surface area is 214 Å². The lowest BCUT2D eigenvalue weighted by molar-refractivity contribution is -0.137. The van der Waals surface area contributed by atoms with Crippen LogP contribution in [-0.2, 0) is 9.59 Å². The van der Waals surface area contributed by atoms with Crippen molar-refractivity contribution < 1.29 is 14.4 Å². The van der Waals surface area contributed by atoms with Crippen LogP contribution < -0.4 is 10.9 Å². The van der Waals surface area contributed by atoms with Crippen molar-refractivity contribution in [2.75, 3.05) is 13.1 Å². The molecule has 2 heterocycles. The Kier molecular flexibility index (Phi) is 8.00. The van der Waals surface area contributed by atoms with E-state index in [-0.39, 0.29) is 22.9 Å². The third-order valence-corrected chi connectivity index (χ3v) is 6.78. The third kappa shape index (κ3) is 5.74. The van der Waals surface area contributed by atoms with Crippen LogP contribution in [0.25, 0.3) is 0 Å². The van der Waals surface area contributed by atoms with Crippen molar-refractivity contribution in [3.63, 3.8) is 0 Å². The second-order valence-electron chi connectivity index (χ2n) is 8.97. The molecule has 2 atom stereocenters. The van der Waals surface area contributed by atoms with Gasteiger partial charge in [0.15, 0.2) is 11.8 Å². The molecule has 1 aromatic heterocycles. The van der Waals surface area contributed by atoms with Gasteiger partial charge in [0.05, 0.1) is 11.1 Å². The number of carbonyl (C=O) groups is 3. The summed E-state index contributed by atoms with van der Waals surface area (Å²) in [6.45, 7) is 2.56. The van der Waals surface area contributed by atoms with Gasteiger partial charge in [0, 0.05) is 36.8 Å². The molecule has 1 fully saturated rings. The molecule has 3 aromatic rings. The molecule has 2 amide bonds. The standard InChI is InChI=1S/C28H28ClN3O4/c1-19(20-8-4-2-5-9-20)30-27(35)22-14-16-31(17-15-22)28(36)25(26(34)21-10-6-3-7-11-21)32-18-23(29)12-13-24(32)33/h2-13,18-19,22,25H,14-17H2,1H3,(H,30,35)/t19-,25?/m1/s1. The number of hydrogen-bond acceptors (Lipinski definition) is 4. The minimum absolute atomic E-state index is 0.0542. The molecule has 1 aliphatic heterocycles. The van der Waals surface area contributed by atoms with Gasteiger partial charge in [-0.05, 0) is 31.4 Å². The number of benzene rings is 2. The summed E-state index contributed by atoms with van der Waals surface area (Å²) in [4.78, 5) is 54.1. The van der Waals surface area contributed by atoms with E-state index < -0.39 is 23.3 Å². The molecule has 1 aliphatic rings. The van der Waals surface area contributed by atoms with Gasteiger partial charge in [-0.1, -0.05) is 72.3 Å². The summed E-state index contributed by atoms with van der Waals surface area (Å²) in [7, 11) is 0. The zero-order chi connectivity index (χ0) is 25.7. The van der Waals surface area contributed by atoms with Gasteiger partial charge in [-0.15, -0.1) is 0 Å². The lowest BCUT2D eigenvalue weighted by atomic mass is 9.94. The number of ketones is 1. The number of piperidine rings is 1. The highest BCUT2D eigenvalue weighted by molar-refractivity contribution is 6.30. The van der Waals surface area contributed by atoms with Crippen LogP contribution in [0.4, 0.5) is 0 Å². The number of carbonyl (C=O) groups excluding carboxylic acids is 3. The van der Waals surface area contributed by atoms with Gasteiger partial charge >= 0.3 is 0 Å². The second kappa shape index (κ2) is 11.4. The molecule has 0 aliphatic carbocycles. The zero-order valence-electron chi connectivity index (χ0n) is 20.0. The number of Topliss-reactive ketones (excluding diaryl/α,β-unsaturated/α-hetero) is 1. The number of nitrogens with zero attached hydrogens (tertiary/aromatic N) is 2. The molecule has 1 unspecified atom stereocenters. The molecule has 1 N–H and O–H groups in total. The molecule has 0 saturated carbocycles. The first-order valence-corrected chi connectivity index (χ1v) is 12.3. The number of hydrogen-bond donors (Lipinski definition) is 1. The van der Waals surface area contributed by atoms with Gasteiger partial charge in [0.1, 0.15) is 0 Å². The van der Waals surface area contributed by atoms with E-state index in [0.717, 1.165) is 10.1 Å². The average molecular weight is 506 g/mol. The van der Waals surface area contributed by atoms with E-state index in [0.29, 0.717) is 31.5 Å². The summed E-state index contributed by atoms with van der Waals surface area (Å²) in [5, 5.41) is 3.30. The number of pyridine rings is 1. The fourth-order valence-corrected chi connectivity index (χ4v) is 4.66. The van der Waals surface area contributed by atoms with E-state index in [4.69, 9.17) is 11.6 Å². The van der Waals surface area contributed by atoms with E-state index in [1.54, 1.807) is 35.2 Å². The largest absolute Gasteiger partial charge is 0.349 e. The molecule has 0 radical (unpaired) electrons. The van der Waals surface area contributed by atoms with E-state index in [9.17, 15) is 19.2 Å². The lowest BCUT2D eigenvalue weighted by Gasteiger charge is -2.34. The third-order valence-electron chi connectivity index (χ3n) is 6.56. The van der Waals surface area contributed by atoms with Crippen LogP contribution in [0.3, 0.4) is 0 Å². The van der Waals surface area contributed by atoms with E-state index in [1.165, 1.54) is 18.3 Å². The fraction of sp³-hybridized carbons (Fsp3) is 0.286. The summed E-state index contributed by atoms with van der Waals surface area (Å²) < 4.78 is 1.10. The van der Waals surface area contributed by atoms with Gasteiger partial charge in [-0.25, -0.2) is 0 Å². The van der Waals surface area contributed by atoms with Crippen molar-refractivity contribution in [3.8, 4) is 0 Å². The zero-order valence-corrected chi connectivity index (χ0v) is 20.7. The average Bonchev–Trinajstić information content (AvgIpc) is 2.91. The molecule has 36 heavy (non-hydrogen) atoms. The van der Waals surface area contributed by atoms with Gasteiger partial charge in [0.25, 0.3) is 11.5 Å². The number of nitrogens with one attached hydrogen (secondary N) is 1. The number of amides is 2. The van der Waals surface area contributed by atoms with Crippen molar-refractivity contribution >= 4 is 29.2 Å². The Morgan fingerprint density at radius 2 is 1.53 bits per heavy atom. The summed E-state index contributed by atoms with van der Waals surface area (Å²) in [5.74, 6) is -1.26. The first-order chi connectivity index (χ1) is 17.3. The Bertz CT molecular complexity index is 1280. The van der Waals surface area contributed by atoms with E-state index >= 15 is 0 Å². The molecule has 0 bridgehead atoms. The van der Waals surface area contributed by atoms with Crippen LogP contribution in [0.5, 0.6) is 0 Å². The number of likely N-dealkylation sites (tertiary alicyclic amines) is 1. The number of halogens is 1. The smallest absolute Gasteiger partial charge is 0.253 e. The maximum atomic E-state index is 13.6. The predicted molar refractivity (Wildman–Crippen MR) is 138 cm³/mol. The maximum absolute atomic E-state index is 13.6. The van der Waals surface area contributed by atoms with Crippen molar-refractivity contribution in [3.05, 3.63) is 105 Å². The highest BCUT2D eigenvalue weighted by Gasteiger charge is 2.36. The second-order valence-corrected chi connectivity index (χ2v) is 9.40. The highest BCUT2D eigenvalue weighted by atomic mass is 35.5. The molecule has 1 saturated heterocycles. The van der Waals surface area contributed by atoms with Crippen LogP contribution >= 0.6 is 11.6 Å².